The lowest BCUT2D eigenvalue weighted by atomic mass is 10.1. The molecule has 102 valence electrons. The van der Waals surface area contributed by atoms with Crippen molar-refractivity contribution in [1.29, 1.82) is 0 Å². The molecule has 0 saturated carbocycles. The van der Waals surface area contributed by atoms with Crippen LogP contribution in [0.3, 0.4) is 0 Å². The third-order valence-corrected chi connectivity index (χ3v) is 3.87. The molecular weight excluding hydrogens is 248 g/mol. The monoisotopic (exact) mass is 270 g/mol. The topological polar surface area (TPSA) is 72.2 Å². The van der Waals surface area contributed by atoms with Crippen LogP contribution in [-0.2, 0) is 10.0 Å². The molecule has 5 heteroatoms. The molecule has 1 atom stereocenters. The molecule has 0 aliphatic heterocycles. The first-order valence-electron chi connectivity index (χ1n) is 6.22. The summed E-state index contributed by atoms with van der Waals surface area (Å²) in [5.74, 6) is 0.563. The number of hydrogen-bond donors (Lipinski definition) is 2. The number of nitrogens with two attached hydrogens (primary N) is 1. The maximum absolute atomic E-state index is 11.3. The van der Waals surface area contributed by atoms with Crippen LogP contribution < -0.4 is 10.5 Å². The summed E-state index contributed by atoms with van der Waals surface area (Å²) in [7, 11) is -3.63. The summed E-state index contributed by atoms with van der Waals surface area (Å²) < 4.78 is 22.6. The van der Waals surface area contributed by atoms with Crippen molar-refractivity contribution in [3.05, 3.63) is 23.8 Å². The number of hydrogen-bond acceptors (Lipinski definition) is 3. The molecule has 0 fully saturated rings. The van der Waals surface area contributed by atoms with E-state index in [0.717, 1.165) is 30.6 Å². The first-order valence-corrected chi connectivity index (χ1v) is 7.76. The first-order chi connectivity index (χ1) is 8.34. The van der Waals surface area contributed by atoms with Crippen molar-refractivity contribution >= 4 is 15.7 Å². The number of aryl methyl sites for hydroxylation is 1. The fourth-order valence-electron chi connectivity index (χ4n) is 1.85. The molecule has 1 aromatic rings. The Kier molecular flexibility index (Phi) is 5.16. The van der Waals surface area contributed by atoms with Crippen LogP contribution in [-0.4, -0.2) is 15.0 Å². The Balaban J connectivity index is 2.82. The maximum atomic E-state index is 11.3. The third-order valence-electron chi connectivity index (χ3n) is 2.96. The van der Waals surface area contributed by atoms with E-state index in [4.69, 9.17) is 5.14 Å². The van der Waals surface area contributed by atoms with E-state index in [0.29, 0.717) is 5.92 Å². The normalized spacial score (nSPS) is 13.3. The number of anilines is 1. The first kappa shape index (κ1) is 15.0. The van der Waals surface area contributed by atoms with Gasteiger partial charge in [0.25, 0.3) is 0 Å². The molecule has 0 aliphatic rings. The highest BCUT2D eigenvalue weighted by molar-refractivity contribution is 7.89. The summed E-state index contributed by atoms with van der Waals surface area (Å²) in [5, 5.41) is 8.41. The third kappa shape index (κ3) is 4.31. The SMILES string of the molecule is CCCC(C)CNc1cc(S(N)(=O)=O)ccc1C. The van der Waals surface area contributed by atoms with Crippen molar-refractivity contribution in [3.63, 3.8) is 0 Å². The highest BCUT2D eigenvalue weighted by atomic mass is 32.2. The zero-order valence-corrected chi connectivity index (χ0v) is 12.0. The zero-order chi connectivity index (χ0) is 13.8. The molecule has 0 amide bonds. The minimum Gasteiger partial charge on any atom is -0.385 e. The van der Waals surface area contributed by atoms with Crippen LogP contribution >= 0.6 is 0 Å². The van der Waals surface area contributed by atoms with Crippen molar-refractivity contribution in [3.8, 4) is 0 Å². The van der Waals surface area contributed by atoms with E-state index in [-0.39, 0.29) is 4.90 Å². The highest BCUT2D eigenvalue weighted by Gasteiger charge is 2.10. The Morgan fingerprint density at radius 3 is 2.61 bits per heavy atom. The van der Waals surface area contributed by atoms with E-state index in [1.807, 2.05) is 6.92 Å². The smallest absolute Gasteiger partial charge is 0.238 e. The van der Waals surface area contributed by atoms with Gasteiger partial charge in [-0.3, -0.25) is 0 Å². The molecule has 0 aromatic heterocycles. The van der Waals surface area contributed by atoms with Crippen LogP contribution in [0, 0.1) is 12.8 Å². The molecular formula is C13H22N2O2S. The number of nitrogens with one attached hydrogen (secondary N) is 1. The zero-order valence-electron chi connectivity index (χ0n) is 11.2. The molecule has 1 aromatic carbocycles. The van der Waals surface area contributed by atoms with Crippen molar-refractivity contribution < 1.29 is 8.42 Å². The van der Waals surface area contributed by atoms with Crippen LogP contribution in [0.25, 0.3) is 0 Å². The van der Waals surface area contributed by atoms with Crippen molar-refractivity contribution in [2.24, 2.45) is 11.1 Å². The van der Waals surface area contributed by atoms with Crippen molar-refractivity contribution in [2.75, 3.05) is 11.9 Å². The van der Waals surface area contributed by atoms with Gasteiger partial charge in [0.2, 0.25) is 10.0 Å². The van der Waals surface area contributed by atoms with Gasteiger partial charge in [0.1, 0.15) is 0 Å². The summed E-state index contributed by atoms with van der Waals surface area (Å²) in [5.41, 5.74) is 1.86. The van der Waals surface area contributed by atoms with Gasteiger partial charge in [-0.25, -0.2) is 13.6 Å². The summed E-state index contributed by atoms with van der Waals surface area (Å²) >= 11 is 0. The fourth-order valence-corrected chi connectivity index (χ4v) is 2.39. The predicted octanol–water partition coefficient (Wildman–Crippen LogP) is 2.49. The molecule has 1 unspecified atom stereocenters. The lowest BCUT2D eigenvalue weighted by Gasteiger charge is -2.15. The van der Waals surface area contributed by atoms with E-state index in [1.165, 1.54) is 6.07 Å². The Labute approximate surface area is 110 Å². The van der Waals surface area contributed by atoms with E-state index < -0.39 is 10.0 Å². The Bertz CT molecular complexity index is 498. The number of sulfonamides is 1. The second-order valence-electron chi connectivity index (χ2n) is 4.80. The van der Waals surface area contributed by atoms with Crippen molar-refractivity contribution in [1.82, 2.24) is 0 Å². The summed E-state index contributed by atoms with van der Waals surface area (Å²) in [6.07, 6.45) is 2.31. The average Bonchev–Trinajstić information content (AvgIpc) is 2.26. The molecule has 0 spiro atoms. The largest absolute Gasteiger partial charge is 0.385 e. The Morgan fingerprint density at radius 1 is 1.39 bits per heavy atom. The van der Waals surface area contributed by atoms with E-state index >= 15 is 0 Å². The fraction of sp³-hybridized carbons (Fsp3) is 0.538. The predicted molar refractivity (Wildman–Crippen MR) is 75.1 cm³/mol. The Hall–Kier alpha value is -1.07. The molecule has 0 radical (unpaired) electrons. The summed E-state index contributed by atoms with van der Waals surface area (Å²) in [6, 6.07) is 4.90. The second kappa shape index (κ2) is 6.20. The van der Waals surface area contributed by atoms with Crippen LogP contribution in [0.2, 0.25) is 0 Å². The number of rotatable bonds is 6. The van der Waals surface area contributed by atoms with Gasteiger partial charge in [0.15, 0.2) is 0 Å². The van der Waals surface area contributed by atoms with Gasteiger partial charge >= 0.3 is 0 Å². The van der Waals surface area contributed by atoms with Crippen LogP contribution in [0.4, 0.5) is 5.69 Å². The molecule has 0 bridgehead atoms. The van der Waals surface area contributed by atoms with Gasteiger partial charge in [0, 0.05) is 12.2 Å². The van der Waals surface area contributed by atoms with Gasteiger partial charge < -0.3 is 5.32 Å². The average molecular weight is 270 g/mol. The summed E-state index contributed by atoms with van der Waals surface area (Å²) in [6.45, 7) is 7.11. The van der Waals surface area contributed by atoms with Crippen LogP contribution in [0.15, 0.2) is 23.1 Å². The molecule has 0 saturated heterocycles. The minimum absolute atomic E-state index is 0.152. The number of benzene rings is 1. The van der Waals surface area contributed by atoms with Gasteiger partial charge in [-0.15, -0.1) is 0 Å². The highest BCUT2D eigenvalue weighted by Crippen LogP contribution is 2.20. The second-order valence-corrected chi connectivity index (χ2v) is 6.36. The molecule has 18 heavy (non-hydrogen) atoms. The van der Waals surface area contributed by atoms with Crippen LogP contribution in [0.1, 0.15) is 32.3 Å². The lowest BCUT2D eigenvalue weighted by molar-refractivity contribution is 0.550. The molecule has 0 heterocycles. The molecule has 1 rings (SSSR count). The number of primary sulfonamides is 1. The van der Waals surface area contributed by atoms with Crippen LogP contribution in [0.5, 0.6) is 0 Å². The maximum Gasteiger partial charge on any atom is 0.238 e. The summed E-state index contributed by atoms with van der Waals surface area (Å²) in [4.78, 5) is 0.152. The lowest BCUT2D eigenvalue weighted by Crippen LogP contribution is -2.15. The van der Waals surface area contributed by atoms with Crippen molar-refractivity contribution in [2.45, 2.75) is 38.5 Å². The van der Waals surface area contributed by atoms with E-state index in [2.05, 4.69) is 19.2 Å². The standard InChI is InChI=1S/C13H22N2O2S/c1-4-5-10(2)9-15-13-8-12(18(14,16)17)7-6-11(13)3/h6-8,10,15H,4-5,9H2,1-3H3,(H2,14,16,17). The quantitative estimate of drug-likeness (QED) is 0.834. The Morgan fingerprint density at radius 2 is 2.06 bits per heavy atom. The van der Waals surface area contributed by atoms with Gasteiger partial charge in [0.05, 0.1) is 4.90 Å². The van der Waals surface area contributed by atoms with Gasteiger partial charge in [-0.2, -0.15) is 0 Å². The van der Waals surface area contributed by atoms with Gasteiger partial charge in [-0.05, 0) is 37.0 Å². The van der Waals surface area contributed by atoms with E-state index in [1.54, 1.807) is 12.1 Å². The molecule has 4 nitrogen and oxygen atoms in total. The molecule has 0 aliphatic carbocycles. The molecule has 3 N–H and O–H groups in total. The minimum atomic E-state index is -3.63. The van der Waals surface area contributed by atoms with Gasteiger partial charge in [-0.1, -0.05) is 26.3 Å². The van der Waals surface area contributed by atoms with E-state index in [9.17, 15) is 8.42 Å².